The molecule has 0 aliphatic carbocycles. The summed E-state index contributed by atoms with van der Waals surface area (Å²) in [6, 6.07) is 52.6. The Morgan fingerprint density at radius 2 is 0.767 bits per heavy atom. The second-order valence-electron chi connectivity index (χ2n) is 9.96. The molecule has 0 aromatic heterocycles. The Bertz CT molecular complexity index is 1870. The average molecular weight is 617 g/mol. The first-order valence-corrected chi connectivity index (χ1v) is 16.9. The van der Waals surface area contributed by atoms with Crippen molar-refractivity contribution in [3.05, 3.63) is 163 Å². The van der Waals surface area contributed by atoms with Gasteiger partial charge in [-0.05, 0) is 75.3 Å². The van der Waals surface area contributed by atoms with E-state index in [9.17, 15) is 8.42 Å². The molecule has 0 heterocycles. The quantitative estimate of drug-likeness (QED) is 0.143. The molecule has 6 aromatic carbocycles. The maximum atomic E-state index is 12.7. The van der Waals surface area contributed by atoms with Crippen LogP contribution in [0.3, 0.4) is 0 Å². The summed E-state index contributed by atoms with van der Waals surface area (Å²) < 4.78 is 30.7. The molecule has 0 radical (unpaired) electrons. The molecular formula is C37H28O3S3. The monoisotopic (exact) mass is 616 g/mol. The van der Waals surface area contributed by atoms with E-state index >= 15 is 0 Å². The Hall–Kier alpha value is -4.07. The zero-order chi connectivity index (χ0) is 29.5. The molecule has 0 aliphatic heterocycles. The highest BCUT2D eigenvalue weighted by Gasteiger charge is 2.15. The van der Waals surface area contributed by atoms with Gasteiger partial charge in [0, 0.05) is 26.7 Å². The Morgan fingerprint density at radius 1 is 0.419 bits per heavy atom. The third-order valence-corrected chi connectivity index (χ3v) is 10.1. The molecule has 0 amide bonds. The van der Waals surface area contributed by atoms with Gasteiger partial charge in [0.2, 0.25) is 0 Å². The van der Waals surface area contributed by atoms with Crippen LogP contribution in [0.1, 0.15) is 5.56 Å². The van der Waals surface area contributed by atoms with Gasteiger partial charge in [-0.2, -0.15) is 12.0 Å². The van der Waals surface area contributed by atoms with Crippen molar-refractivity contribution < 1.29 is 12.0 Å². The first kappa shape index (κ1) is 29.0. The van der Waals surface area contributed by atoms with Crippen LogP contribution in [-0.4, -0.2) is 8.42 Å². The summed E-state index contributed by atoms with van der Waals surface area (Å²) in [4.78, 5) is 2.88. The van der Waals surface area contributed by atoms with Gasteiger partial charge in [0.15, 0.2) is 0 Å². The van der Waals surface area contributed by atoms with Crippen LogP contribution in [0.5, 0.6) is 0 Å². The zero-order valence-electron chi connectivity index (χ0n) is 23.2. The van der Waals surface area contributed by atoms with Crippen molar-refractivity contribution in [2.45, 2.75) is 20.4 Å². The molecule has 0 saturated carbocycles. The van der Waals surface area contributed by atoms with E-state index in [2.05, 4.69) is 72.8 Å². The van der Waals surface area contributed by atoms with Crippen molar-refractivity contribution in [1.82, 2.24) is 0 Å². The lowest BCUT2D eigenvalue weighted by atomic mass is 10.0. The fourth-order valence-corrected chi connectivity index (χ4v) is 7.23. The second kappa shape index (κ2) is 13.5. The number of hydrogen-bond acceptors (Lipinski definition) is 5. The van der Waals surface area contributed by atoms with E-state index in [4.69, 9.17) is 3.63 Å². The van der Waals surface area contributed by atoms with Gasteiger partial charge in [-0.15, -0.1) is 0 Å². The van der Waals surface area contributed by atoms with Crippen LogP contribution in [0, 0.1) is 0 Å². The summed E-state index contributed by atoms with van der Waals surface area (Å²) in [5.74, 6) is -0.192. The standard InChI is InChI=1S/C37H28O3S3/c38-43(39,27-28-11-21-35(22-12-28)41-36-23-17-33(18-24-36)30-9-5-2-6-10-30)40-42-37-25-19-34(20-26-37)32-15-13-31(14-16-32)29-7-3-1-4-8-29/h1-26H,27H2. The van der Waals surface area contributed by atoms with Gasteiger partial charge < -0.3 is 0 Å². The Labute approximate surface area is 261 Å². The van der Waals surface area contributed by atoms with Gasteiger partial charge in [-0.3, -0.25) is 0 Å². The van der Waals surface area contributed by atoms with E-state index in [1.54, 1.807) is 11.8 Å². The van der Waals surface area contributed by atoms with Crippen LogP contribution in [-0.2, 0) is 19.5 Å². The molecule has 0 atom stereocenters. The smallest absolute Gasteiger partial charge is 0.198 e. The van der Waals surface area contributed by atoms with Crippen molar-refractivity contribution in [3.63, 3.8) is 0 Å². The highest BCUT2D eigenvalue weighted by atomic mass is 32.3. The molecule has 43 heavy (non-hydrogen) atoms. The summed E-state index contributed by atoms with van der Waals surface area (Å²) in [5.41, 5.74) is 7.53. The van der Waals surface area contributed by atoms with Gasteiger partial charge in [-0.25, -0.2) is 0 Å². The van der Waals surface area contributed by atoms with Crippen LogP contribution in [0.2, 0.25) is 0 Å². The van der Waals surface area contributed by atoms with E-state index in [0.717, 1.165) is 43.4 Å². The zero-order valence-corrected chi connectivity index (χ0v) is 25.6. The molecule has 6 heteroatoms. The molecule has 6 rings (SSSR count). The van der Waals surface area contributed by atoms with Crippen molar-refractivity contribution in [3.8, 4) is 33.4 Å². The minimum atomic E-state index is -3.77. The first-order valence-electron chi connectivity index (χ1n) is 13.8. The van der Waals surface area contributed by atoms with Gasteiger partial charge in [-0.1, -0.05) is 133 Å². The maximum Gasteiger partial charge on any atom is 0.282 e. The molecule has 212 valence electrons. The highest BCUT2D eigenvalue weighted by molar-refractivity contribution is 8.04. The summed E-state index contributed by atoms with van der Waals surface area (Å²) >= 11 is 2.50. The van der Waals surface area contributed by atoms with Crippen LogP contribution >= 0.6 is 23.8 Å². The molecule has 0 fully saturated rings. The van der Waals surface area contributed by atoms with E-state index in [-0.39, 0.29) is 5.75 Å². The Kier molecular flexibility index (Phi) is 9.10. The summed E-state index contributed by atoms with van der Waals surface area (Å²) in [6.45, 7) is 0. The van der Waals surface area contributed by atoms with Crippen LogP contribution in [0.25, 0.3) is 33.4 Å². The molecule has 6 aromatic rings. The minimum Gasteiger partial charge on any atom is -0.198 e. The lowest BCUT2D eigenvalue weighted by Gasteiger charge is -2.08. The molecular weight excluding hydrogens is 589 g/mol. The fraction of sp³-hybridized carbons (Fsp3) is 0.0270. The topological polar surface area (TPSA) is 43.4 Å². The number of benzene rings is 6. The summed E-state index contributed by atoms with van der Waals surface area (Å²) in [5, 5.41) is 0. The molecule has 3 nitrogen and oxygen atoms in total. The van der Waals surface area contributed by atoms with Crippen LogP contribution in [0.15, 0.2) is 172 Å². The predicted molar refractivity (Wildman–Crippen MR) is 179 cm³/mol. The number of hydrogen-bond donors (Lipinski definition) is 0. The van der Waals surface area contributed by atoms with E-state index in [0.29, 0.717) is 5.56 Å². The Balaban J connectivity index is 1.01. The van der Waals surface area contributed by atoms with Gasteiger partial charge >= 0.3 is 0 Å². The van der Waals surface area contributed by atoms with Crippen molar-refractivity contribution in [2.75, 3.05) is 0 Å². The minimum absolute atomic E-state index is 0.192. The molecule has 0 saturated heterocycles. The molecule has 0 N–H and O–H groups in total. The summed E-state index contributed by atoms with van der Waals surface area (Å²) in [6.07, 6.45) is 0. The van der Waals surface area contributed by atoms with Gasteiger partial charge in [0.1, 0.15) is 5.75 Å². The highest BCUT2D eigenvalue weighted by Crippen LogP contribution is 2.31. The fourth-order valence-electron chi connectivity index (χ4n) is 4.64. The van der Waals surface area contributed by atoms with E-state index < -0.39 is 10.1 Å². The molecule has 0 bridgehead atoms. The van der Waals surface area contributed by atoms with Gasteiger partial charge in [0.25, 0.3) is 10.1 Å². The van der Waals surface area contributed by atoms with Gasteiger partial charge in [0.05, 0.1) is 0 Å². The molecule has 0 unspecified atom stereocenters. The van der Waals surface area contributed by atoms with Crippen molar-refractivity contribution in [1.29, 1.82) is 0 Å². The van der Waals surface area contributed by atoms with Crippen molar-refractivity contribution >= 4 is 33.9 Å². The number of rotatable bonds is 10. The van der Waals surface area contributed by atoms with E-state index in [1.807, 2.05) is 84.9 Å². The summed E-state index contributed by atoms with van der Waals surface area (Å²) in [7, 11) is -3.77. The molecule has 0 aliphatic rings. The predicted octanol–water partition coefficient (Wildman–Crippen LogP) is 10.4. The van der Waals surface area contributed by atoms with Crippen molar-refractivity contribution in [2.24, 2.45) is 0 Å². The van der Waals surface area contributed by atoms with Crippen LogP contribution in [0.4, 0.5) is 0 Å². The third kappa shape index (κ3) is 7.86. The lowest BCUT2D eigenvalue weighted by molar-refractivity contribution is 0.517. The maximum absolute atomic E-state index is 12.7. The SMILES string of the molecule is O=S(=O)(Cc1ccc(Sc2ccc(-c3ccccc3)cc2)cc1)OSc1ccc(-c2ccc(-c3ccccc3)cc2)cc1. The normalized spacial score (nSPS) is 11.3. The average Bonchev–Trinajstić information content (AvgIpc) is 3.06. The first-order chi connectivity index (χ1) is 21.0. The largest absolute Gasteiger partial charge is 0.282 e. The molecule has 0 spiro atoms. The van der Waals surface area contributed by atoms with E-state index in [1.165, 1.54) is 16.7 Å². The lowest BCUT2D eigenvalue weighted by Crippen LogP contribution is -2.04. The second-order valence-corrected chi connectivity index (χ2v) is 13.7. The third-order valence-electron chi connectivity index (χ3n) is 6.88. The Morgan fingerprint density at radius 3 is 1.21 bits per heavy atom. The van der Waals surface area contributed by atoms with Crippen LogP contribution < -0.4 is 0 Å².